The smallest absolute Gasteiger partial charge is 0.292 e. The van der Waals surface area contributed by atoms with E-state index in [-0.39, 0.29) is 11.7 Å². The monoisotopic (exact) mass is 256 g/mol. The quantitative estimate of drug-likeness (QED) is 0.638. The van der Waals surface area contributed by atoms with Gasteiger partial charge in [-0.05, 0) is 24.5 Å². The molecule has 0 saturated heterocycles. The van der Waals surface area contributed by atoms with Crippen molar-refractivity contribution in [3.63, 3.8) is 0 Å². The van der Waals surface area contributed by atoms with Crippen LogP contribution < -0.4 is 5.32 Å². The van der Waals surface area contributed by atoms with Crippen LogP contribution in [0.3, 0.4) is 0 Å². The van der Waals surface area contributed by atoms with Crippen LogP contribution in [0.2, 0.25) is 5.02 Å². The summed E-state index contributed by atoms with van der Waals surface area (Å²) in [6, 6.07) is 4.76. The van der Waals surface area contributed by atoms with Crippen molar-refractivity contribution in [1.82, 2.24) is 0 Å². The Bertz CT molecular complexity index is 407. The van der Waals surface area contributed by atoms with E-state index in [0.717, 1.165) is 6.42 Å². The molecular weight excluding hydrogens is 240 g/mol. The Morgan fingerprint density at radius 3 is 2.59 bits per heavy atom. The predicted octanol–water partition coefficient (Wildman–Crippen LogP) is 4.09. The van der Waals surface area contributed by atoms with Crippen LogP contribution >= 0.6 is 11.6 Å². The highest BCUT2D eigenvalue weighted by atomic mass is 35.5. The lowest BCUT2D eigenvalue weighted by Gasteiger charge is -2.21. The van der Waals surface area contributed by atoms with Gasteiger partial charge >= 0.3 is 0 Å². The van der Waals surface area contributed by atoms with Crippen molar-refractivity contribution >= 4 is 23.0 Å². The van der Waals surface area contributed by atoms with Gasteiger partial charge in [-0.1, -0.05) is 32.4 Å². The molecule has 1 rings (SSSR count). The van der Waals surface area contributed by atoms with Crippen molar-refractivity contribution in [2.45, 2.75) is 33.2 Å². The van der Waals surface area contributed by atoms with E-state index in [9.17, 15) is 10.1 Å². The first-order valence-electron chi connectivity index (χ1n) is 5.66. The summed E-state index contributed by atoms with van der Waals surface area (Å²) < 4.78 is 0. The minimum absolute atomic E-state index is 0.0634. The summed E-state index contributed by atoms with van der Waals surface area (Å²) in [6.45, 7) is 6.21. The van der Waals surface area contributed by atoms with Gasteiger partial charge in [0.15, 0.2) is 0 Å². The molecule has 0 aliphatic rings. The number of hydrogen-bond donors (Lipinski definition) is 1. The molecular formula is C12H17ClN2O2. The highest BCUT2D eigenvalue weighted by Gasteiger charge is 2.18. The van der Waals surface area contributed by atoms with Crippen molar-refractivity contribution in [3.05, 3.63) is 33.3 Å². The third-order valence-electron chi connectivity index (χ3n) is 2.74. The molecule has 94 valence electrons. The van der Waals surface area contributed by atoms with E-state index in [2.05, 4.69) is 19.2 Å². The van der Waals surface area contributed by atoms with Crippen molar-refractivity contribution < 1.29 is 4.92 Å². The van der Waals surface area contributed by atoms with Crippen molar-refractivity contribution in [1.29, 1.82) is 0 Å². The van der Waals surface area contributed by atoms with Crippen LogP contribution in [0.25, 0.3) is 0 Å². The normalized spacial score (nSPS) is 12.5. The van der Waals surface area contributed by atoms with E-state index in [4.69, 9.17) is 11.6 Å². The fourth-order valence-electron chi connectivity index (χ4n) is 1.72. The van der Waals surface area contributed by atoms with Gasteiger partial charge in [-0.2, -0.15) is 0 Å². The van der Waals surface area contributed by atoms with Gasteiger partial charge in [0.2, 0.25) is 0 Å². The van der Waals surface area contributed by atoms with E-state index in [1.165, 1.54) is 12.1 Å². The second kappa shape index (κ2) is 5.87. The third kappa shape index (κ3) is 3.60. The molecule has 1 aromatic rings. The lowest BCUT2D eigenvalue weighted by Crippen LogP contribution is -2.25. The number of nitro groups is 1. The molecule has 0 aliphatic carbocycles. The van der Waals surface area contributed by atoms with E-state index in [1.54, 1.807) is 6.07 Å². The summed E-state index contributed by atoms with van der Waals surface area (Å²) in [5, 5.41) is 14.6. The van der Waals surface area contributed by atoms with E-state index >= 15 is 0 Å². The number of nitrogens with zero attached hydrogens (tertiary/aromatic N) is 1. The number of nitrogens with one attached hydrogen (secondary N) is 1. The summed E-state index contributed by atoms with van der Waals surface area (Å²) in [5.74, 6) is 0.401. The van der Waals surface area contributed by atoms with Gasteiger partial charge < -0.3 is 5.32 Å². The van der Waals surface area contributed by atoms with Gasteiger partial charge in [-0.25, -0.2) is 0 Å². The fraction of sp³-hybridized carbons (Fsp3) is 0.500. The van der Waals surface area contributed by atoms with Gasteiger partial charge in [-0.15, -0.1) is 0 Å². The number of halogens is 1. The maximum atomic E-state index is 10.9. The molecule has 0 bridgehead atoms. The maximum Gasteiger partial charge on any atom is 0.292 e. The Kier molecular flexibility index (Phi) is 4.75. The number of nitro benzene ring substituents is 1. The van der Waals surface area contributed by atoms with E-state index < -0.39 is 4.92 Å². The first kappa shape index (κ1) is 13.8. The molecule has 4 nitrogen and oxygen atoms in total. The van der Waals surface area contributed by atoms with Gasteiger partial charge in [0.25, 0.3) is 5.69 Å². The zero-order valence-electron chi connectivity index (χ0n) is 10.2. The van der Waals surface area contributed by atoms with Crippen LogP contribution in [0.5, 0.6) is 0 Å². The first-order valence-corrected chi connectivity index (χ1v) is 6.04. The molecule has 0 radical (unpaired) electrons. The van der Waals surface area contributed by atoms with Crippen LogP contribution in [-0.2, 0) is 0 Å². The second-order valence-electron chi connectivity index (χ2n) is 4.32. The zero-order valence-corrected chi connectivity index (χ0v) is 11.0. The molecule has 0 saturated carbocycles. The molecule has 1 aromatic carbocycles. The fourth-order valence-corrected chi connectivity index (χ4v) is 1.90. The second-order valence-corrected chi connectivity index (χ2v) is 4.76. The number of hydrogen-bond acceptors (Lipinski definition) is 3. The topological polar surface area (TPSA) is 55.2 Å². The lowest BCUT2D eigenvalue weighted by molar-refractivity contribution is -0.384. The average molecular weight is 257 g/mol. The standard InChI is InChI=1S/C12H17ClN2O2/c1-4-10(8(2)3)14-11-7-9(13)5-6-12(11)15(16)17/h5-8,10,14H,4H2,1-3H3. The average Bonchev–Trinajstić information content (AvgIpc) is 2.25. The van der Waals surface area contributed by atoms with Crippen LogP contribution in [0.4, 0.5) is 11.4 Å². The zero-order chi connectivity index (χ0) is 13.0. The molecule has 0 amide bonds. The highest BCUT2D eigenvalue weighted by molar-refractivity contribution is 6.31. The van der Waals surface area contributed by atoms with Gasteiger partial charge in [0.05, 0.1) is 4.92 Å². The van der Waals surface area contributed by atoms with Gasteiger partial charge in [-0.3, -0.25) is 10.1 Å². The molecule has 0 aromatic heterocycles. The largest absolute Gasteiger partial charge is 0.376 e. The molecule has 0 aliphatic heterocycles. The third-order valence-corrected chi connectivity index (χ3v) is 2.98. The highest BCUT2D eigenvalue weighted by Crippen LogP contribution is 2.29. The molecule has 1 N–H and O–H groups in total. The molecule has 17 heavy (non-hydrogen) atoms. The molecule has 0 heterocycles. The molecule has 1 unspecified atom stereocenters. The molecule has 0 spiro atoms. The molecule has 1 atom stereocenters. The van der Waals surface area contributed by atoms with E-state index in [1.807, 2.05) is 6.92 Å². The Hall–Kier alpha value is -1.29. The number of benzene rings is 1. The number of rotatable bonds is 5. The molecule has 5 heteroatoms. The Labute approximate surface area is 106 Å². The van der Waals surface area contributed by atoms with Crippen molar-refractivity contribution in [3.8, 4) is 0 Å². The van der Waals surface area contributed by atoms with Crippen molar-refractivity contribution in [2.24, 2.45) is 5.92 Å². The lowest BCUT2D eigenvalue weighted by atomic mass is 10.0. The van der Waals surface area contributed by atoms with Gasteiger partial charge in [0.1, 0.15) is 5.69 Å². The maximum absolute atomic E-state index is 10.9. The van der Waals surface area contributed by atoms with Crippen LogP contribution in [-0.4, -0.2) is 11.0 Å². The SMILES string of the molecule is CCC(Nc1cc(Cl)ccc1[N+](=O)[O-])C(C)C. The summed E-state index contributed by atoms with van der Waals surface area (Å²) in [7, 11) is 0. The predicted molar refractivity (Wildman–Crippen MR) is 70.6 cm³/mol. The summed E-state index contributed by atoms with van der Waals surface area (Å²) in [4.78, 5) is 10.5. The van der Waals surface area contributed by atoms with E-state index in [0.29, 0.717) is 16.6 Å². The molecule has 0 fully saturated rings. The Balaban J connectivity index is 3.03. The van der Waals surface area contributed by atoms with Crippen LogP contribution in [0.1, 0.15) is 27.2 Å². The van der Waals surface area contributed by atoms with Crippen LogP contribution in [0.15, 0.2) is 18.2 Å². The van der Waals surface area contributed by atoms with Crippen molar-refractivity contribution in [2.75, 3.05) is 5.32 Å². The minimum atomic E-state index is -0.397. The first-order chi connectivity index (χ1) is 7.95. The summed E-state index contributed by atoms with van der Waals surface area (Å²) >= 11 is 5.87. The van der Waals surface area contributed by atoms with Gasteiger partial charge in [0, 0.05) is 17.1 Å². The summed E-state index contributed by atoms with van der Waals surface area (Å²) in [6.07, 6.45) is 0.904. The van der Waals surface area contributed by atoms with Crippen LogP contribution in [0, 0.1) is 16.0 Å². The Morgan fingerprint density at radius 1 is 1.47 bits per heavy atom. The minimum Gasteiger partial charge on any atom is -0.376 e. The number of anilines is 1. The Morgan fingerprint density at radius 2 is 2.12 bits per heavy atom. The summed E-state index contributed by atoms with van der Waals surface area (Å²) in [5.41, 5.74) is 0.552.